The van der Waals surface area contributed by atoms with Crippen molar-refractivity contribution in [1.29, 1.82) is 0 Å². The lowest BCUT2D eigenvalue weighted by Crippen LogP contribution is -2.05. The Morgan fingerprint density at radius 1 is 1.67 bits per heavy atom. The van der Waals surface area contributed by atoms with Crippen LogP contribution in [0.3, 0.4) is 0 Å². The van der Waals surface area contributed by atoms with Gasteiger partial charge in [0.2, 0.25) is 5.91 Å². The minimum atomic E-state index is -0.439. The highest BCUT2D eigenvalue weighted by molar-refractivity contribution is 5.90. The summed E-state index contributed by atoms with van der Waals surface area (Å²) in [4.78, 5) is 14.3. The summed E-state index contributed by atoms with van der Waals surface area (Å²) < 4.78 is 0. The molecule has 0 fully saturated rings. The molecule has 0 bridgehead atoms. The van der Waals surface area contributed by atoms with Crippen molar-refractivity contribution in [3.8, 4) is 0 Å². The van der Waals surface area contributed by atoms with Gasteiger partial charge in [0.15, 0.2) is 0 Å². The Morgan fingerprint density at radius 2 is 2.42 bits per heavy atom. The van der Waals surface area contributed by atoms with Gasteiger partial charge in [-0.05, 0) is 30.2 Å². The fourth-order valence-electron chi connectivity index (χ4n) is 0.843. The molecule has 1 amide bonds. The highest BCUT2D eigenvalue weighted by Crippen LogP contribution is 2.06. The van der Waals surface area contributed by atoms with E-state index in [0.717, 1.165) is 11.1 Å². The monoisotopic (exact) mass is 162 g/mol. The highest BCUT2D eigenvalue weighted by Gasteiger charge is 1.91. The smallest absolute Gasteiger partial charge is 0.241 e. The molecule has 0 unspecified atom stereocenters. The lowest BCUT2D eigenvalue weighted by Gasteiger charge is -1.95. The Hall–Kier alpha value is -1.64. The number of primary amides is 1. The van der Waals surface area contributed by atoms with E-state index < -0.39 is 5.91 Å². The summed E-state index contributed by atoms with van der Waals surface area (Å²) >= 11 is 0. The van der Waals surface area contributed by atoms with Gasteiger partial charge in [-0.3, -0.25) is 9.78 Å². The van der Waals surface area contributed by atoms with Crippen LogP contribution in [0.4, 0.5) is 0 Å². The molecule has 0 saturated heterocycles. The first-order chi connectivity index (χ1) is 5.70. The first-order valence-corrected chi connectivity index (χ1v) is 3.58. The normalized spacial score (nSPS) is 10.4. The van der Waals surface area contributed by atoms with Crippen LogP contribution in [0.15, 0.2) is 24.5 Å². The van der Waals surface area contributed by atoms with E-state index in [-0.39, 0.29) is 0 Å². The summed E-state index contributed by atoms with van der Waals surface area (Å²) in [7, 11) is 0. The van der Waals surface area contributed by atoms with Crippen LogP contribution in [0, 0.1) is 6.92 Å². The van der Waals surface area contributed by atoms with Gasteiger partial charge < -0.3 is 5.73 Å². The minimum Gasteiger partial charge on any atom is -0.366 e. The molecule has 2 N–H and O–H groups in total. The topological polar surface area (TPSA) is 56.0 Å². The summed E-state index contributed by atoms with van der Waals surface area (Å²) in [6.45, 7) is 1.92. The number of pyridine rings is 1. The maximum atomic E-state index is 10.4. The fourth-order valence-corrected chi connectivity index (χ4v) is 0.843. The molecule has 0 aliphatic carbocycles. The molecule has 0 saturated carbocycles. The fraction of sp³-hybridized carbons (Fsp3) is 0.111. The number of nitrogens with two attached hydrogens (primary N) is 1. The molecule has 1 aromatic rings. The van der Waals surface area contributed by atoms with Crippen molar-refractivity contribution < 1.29 is 4.79 Å². The molecule has 0 radical (unpaired) electrons. The van der Waals surface area contributed by atoms with Gasteiger partial charge in [-0.2, -0.15) is 0 Å². The Bertz CT molecular complexity index is 318. The van der Waals surface area contributed by atoms with E-state index in [1.165, 1.54) is 6.08 Å². The van der Waals surface area contributed by atoms with E-state index in [1.54, 1.807) is 18.5 Å². The number of carbonyl (C=O) groups is 1. The summed E-state index contributed by atoms with van der Waals surface area (Å²) in [5.41, 5.74) is 6.93. The largest absolute Gasteiger partial charge is 0.366 e. The Morgan fingerprint density at radius 3 is 3.00 bits per heavy atom. The number of carbonyl (C=O) groups excluding carboxylic acids is 1. The summed E-state index contributed by atoms with van der Waals surface area (Å²) in [6.07, 6.45) is 6.43. The molecule has 1 aromatic heterocycles. The Labute approximate surface area is 70.9 Å². The van der Waals surface area contributed by atoms with Gasteiger partial charge in [-0.25, -0.2) is 0 Å². The molecule has 3 nitrogen and oxygen atoms in total. The predicted molar refractivity (Wildman–Crippen MR) is 47.2 cm³/mol. The minimum absolute atomic E-state index is 0.439. The summed E-state index contributed by atoms with van der Waals surface area (Å²) in [5, 5.41) is 0. The van der Waals surface area contributed by atoms with E-state index in [9.17, 15) is 4.79 Å². The van der Waals surface area contributed by atoms with Crippen LogP contribution >= 0.6 is 0 Å². The van der Waals surface area contributed by atoms with Crippen LogP contribution in [-0.4, -0.2) is 10.9 Å². The molecule has 0 spiro atoms. The van der Waals surface area contributed by atoms with Gasteiger partial charge in [0, 0.05) is 18.5 Å². The van der Waals surface area contributed by atoms with Crippen molar-refractivity contribution in [2.45, 2.75) is 6.92 Å². The second-order valence-corrected chi connectivity index (χ2v) is 2.47. The van der Waals surface area contributed by atoms with Gasteiger partial charge in [-0.15, -0.1) is 0 Å². The van der Waals surface area contributed by atoms with Crippen molar-refractivity contribution in [2.75, 3.05) is 0 Å². The quantitative estimate of drug-likeness (QED) is 0.656. The van der Waals surface area contributed by atoms with Crippen molar-refractivity contribution in [1.82, 2.24) is 4.98 Å². The zero-order valence-corrected chi connectivity index (χ0v) is 6.82. The standard InChI is InChI=1S/C9H10N2O/c1-7-6-11-5-4-8(7)2-3-9(10)12/h2-6H,1H3,(H2,10,12). The van der Waals surface area contributed by atoms with Gasteiger partial charge in [0.1, 0.15) is 0 Å². The molecule has 0 aliphatic heterocycles. The Balaban J connectivity index is 2.89. The lowest BCUT2D eigenvalue weighted by atomic mass is 10.1. The van der Waals surface area contributed by atoms with Crippen molar-refractivity contribution in [3.63, 3.8) is 0 Å². The maximum absolute atomic E-state index is 10.4. The van der Waals surface area contributed by atoms with Crippen LogP contribution in [0.5, 0.6) is 0 Å². The average molecular weight is 162 g/mol. The lowest BCUT2D eigenvalue weighted by molar-refractivity contribution is -0.113. The van der Waals surface area contributed by atoms with E-state index in [1.807, 2.05) is 13.0 Å². The van der Waals surface area contributed by atoms with Crippen LogP contribution in [0.25, 0.3) is 6.08 Å². The zero-order chi connectivity index (χ0) is 8.97. The Kier molecular flexibility index (Phi) is 2.58. The average Bonchev–Trinajstić information content (AvgIpc) is 2.03. The first kappa shape index (κ1) is 8.46. The number of nitrogens with zero attached hydrogens (tertiary/aromatic N) is 1. The molecular formula is C9H10N2O. The van der Waals surface area contributed by atoms with E-state index in [0.29, 0.717) is 0 Å². The molecule has 62 valence electrons. The van der Waals surface area contributed by atoms with E-state index in [2.05, 4.69) is 4.98 Å². The second-order valence-electron chi connectivity index (χ2n) is 2.47. The van der Waals surface area contributed by atoms with Crippen LogP contribution in [0.1, 0.15) is 11.1 Å². The van der Waals surface area contributed by atoms with Crippen LogP contribution in [-0.2, 0) is 4.79 Å². The molecule has 12 heavy (non-hydrogen) atoms. The van der Waals surface area contributed by atoms with E-state index >= 15 is 0 Å². The first-order valence-electron chi connectivity index (χ1n) is 3.58. The number of hydrogen-bond acceptors (Lipinski definition) is 2. The molecule has 0 aromatic carbocycles. The third kappa shape index (κ3) is 2.20. The predicted octanol–water partition coefficient (Wildman–Crippen LogP) is 0.889. The van der Waals surface area contributed by atoms with Crippen molar-refractivity contribution >= 4 is 12.0 Å². The van der Waals surface area contributed by atoms with Crippen LogP contribution in [0.2, 0.25) is 0 Å². The van der Waals surface area contributed by atoms with E-state index in [4.69, 9.17) is 5.73 Å². The number of aromatic nitrogens is 1. The molecule has 0 aliphatic rings. The van der Waals surface area contributed by atoms with Crippen molar-refractivity contribution in [3.05, 3.63) is 35.7 Å². The number of rotatable bonds is 2. The molecule has 1 heterocycles. The SMILES string of the molecule is Cc1cnccc1C=CC(N)=O. The molecule has 0 atom stereocenters. The molecule has 3 heteroatoms. The number of amides is 1. The number of hydrogen-bond donors (Lipinski definition) is 1. The van der Waals surface area contributed by atoms with Crippen LogP contribution < -0.4 is 5.73 Å². The molecule has 1 rings (SSSR count). The summed E-state index contributed by atoms with van der Waals surface area (Å²) in [6, 6.07) is 1.83. The zero-order valence-electron chi connectivity index (χ0n) is 6.82. The van der Waals surface area contributed by atoms with Gasteiger partial charge in [0.25, 0.3) is 0 Å². The highest BCUT2D eigenvalue weighted by atomic mass is 16.1. The van der Waals surface area contributed by atoms with Gasteiger partial charge in [-0.1, -0.05) is 0 Å². The van der Waals surface area contributed by atoms with Crippen molar-refractivity contribution in [2.24, 2.45) is 5.73 Å². The van der Waals surface area contributed by atoms with Gasteiger partial charge in [0.05, 0.1) is 0 Å². The summed E-state index contributed by atoms with van der Waals surface area (Å²) in [5.74, 6) is -0.439. The third-order valence-electron chi connectivity index (χ3n) is 1.49. The maximum Gasteiger partial charge on any atom is 0.241 e. The number of aryl methyl sites for hydroxylation is 1. The third-order valence-corrected chi connectivity index (χ3v) is 1.49. The van der Waals surface area contributed by atoms with Gasteiger partial charge >= 0.3 is 0 Å². The second kappa shape index (κ2) is 3.67. The molecular weight excluding hydrogens is 152 g/mol.